The van der Waals surface area contributed by atoms with Crippen LogP contribution in [0.4, 0.5) is 58.4 Å². The monoisotopic (exact) mass is 457 g/mol. The predicted molar refractivity (Wildman–Crippen MR) is 67.0 cm³/mol. The molecule has 0 bridgehead atoms. The van der Waals surface area contributed by atoms with Crippen LogP contribution < -0.4 is 5.32 Å². The number of ether oxygens (including phenoxy) is 1. The Kier molecular flexibility index (Phi) is 6.18. The van der Waals surface area contributed by atoms with Crippen molar-refractivity contribution in [2.75, 3.05) is 5.32 Å². The molecule has 0 aliphatic heterocycles. The summed E-state index contributed by atoms with van der Waals surface area (Å²) in [6.45, 7) is 0. The second-order valence-electron chi connectivity index (χ2n) is 4.87. The van der Waals surface area contributed by atoms with Crippen LogP contribution in [-0.2, 0) is 9.53 Å². The third kappa shape index (κ3) is 4.39. The Bertz CT molecular complexity index is 747. The van der Waals surface area contributed by atoms with Gasteiger partial charge in [0, 0.05) is 5.69 Å². The lowest BCUT2D eigenvalue weighted by Gasteiger charge is -2.34. The van der Waals surface area contributed by atoms with Gasteiger partial charge in [0.05, 0.1) is 5.02 Å². The van der Waals surface area contributed by atoms with Crippen molar-refractivity contribution >= 4 is 23.2 Å². The molecule has 1 aromatic carbocycles. The molecule has 1 amide bonds. The zero-order valence-electron chi connectivity index (χ0n) is 12.5. The molecule has 0 aliphatic rings. The number of anilines is 1. The molecule has 1 atom stereocenters. The summed E-state index contributed by atoms with van der Waals surface area (Å²) in [5.41, 5.74) is -0.961. The van der Waals surface area contributed by atoms with E-state index in [2.05, 4.69) is 4.74 Å². The highest BCUT2D eigenvalue weighted by atomic mass is 35.5. The van der Waals surface area contributed by atoms with Crippen LogP contribution in [0.15, 0.2) is 18.2 Å². The van der Waals surface area contributed by atoms with Crippen LogP contribution in [0.1, 0.15) is 0 Å². The highest BCUT2D eigenvalue weighted by molar-refractivity contribution is 6.31. The van der Waals surface area contributed by atoms with Crippen molar-refractivity contribution in [2.45, 2.75) is 30.2 Å². The summed E-state index contributed by atoms with van der Waals surface area (Å²) >= 11 is 5.20. The minimum atomic E-state index is -7.30. The number of carbonyl (C=O) groups is 1. The van der Waals surface area contributed by atoms with Gasteiger partial charge in [-0.2, -0.15) is 48.3 Å². The molecule has 16 heteroatoms. The summed E-state index contributed by atoms with van der Waals surface area (Å²) in [5, 5.41) is 0.0431. The van der Waals surface area contributed by atoms with Crippen LogP contribution in [-0.4, -0.2) is 36.1 Å². The lowest BCUT2D eigenvalue weighted by Crippen LogP contribution is -2.62. The van der Waals surface area contributed by atoms with Crippen molar-refractivity contribution in [1.82, 2.24) is 0 Å². The number of alkyl halides is 11. The minimum Gasteiger partial charge on any atom is -0.321 e. The number of hydrogen-bond acceptors (Lipinski definition) is 2. The number of benzene rings is 1. The predicted octanol–water partition coefficient (Wildman–Crippen LogP) is 5.45. The molecule has 28 heavy (non-hydrogen) atoms. The highest BCUT2D eigenvalue weighted by Gasteiger charge is 2.79. The fourth-order valence-corrected chi connectivity index (χ4v) is 1.60. The van der Waals surface area contributed by atoms with Crippen LogP contribution >= 0.6 is 11.6 Å². The van der Waals surface area contributed by atoms with E-state index < -0.39 is 52.7 Å². The number of carbonyl (C=O) groups excluding carboxylic acids is 1. The zero-order valence-corrected chi connectivity index (χ0v) is 13.2. The first-order chi connectivity index (χ1) is 12.3. The van der Waals surface area contributed by atoms with Gasteiger partial charge in [0.25, 0.3) is 5.91 Å². The van der Waals surface area contributed by atoms with E-state index in [9.17, 15) is 57.5 Å². The van der Waals surface area contributed by atoms with Gasteiger partial charge in [-0.05, 0) is 18.2 Å². The number of nitrogens with one attached hydrogen (secondary N) is 1. The van der Waals surface area contributed by atoms with Crippen molar-refractivity contribution in [3.05, 3.63) is 29.0 Å². The fourth-order valence-electron chi connectivity index (χ4n) is 1.42. The molecule has 0 fully saturated rings. The first kappa shape index (κ1) is 24.1. The fraction of sp³-hybridized carbons (Fsp3) is 0.417. The molecule has 3 nitrogen and oxygen atoms in total. The largest absolute Gasteiger partial charge is 0.462 e. The molecule has 0 radical (unpaired) electrons. The molecular formula is C12H4ClF12NO2. The smallest absolute Gasteiger partial charge is 0.321 e. The Hall–Kier alpha value is -1.90. The first-order valence-electron chi connectivity index (χ1n) is 6.31. The summed E-state index contributed by atoms with van der Waals surface area (Å²) in [5.74, 6) is -18.1. The lowest BCUT2D eigenvalue weighted by atomic mass is 10.2. The Morgan fingerprint density at radius 3 is 1.79 bits per heavy atom. The molecule has 1 rings (SSSR count). The van der Waals surface area contributed by atoms with Crippen molar-refractivity contribution in [3.63, 3.8) is 0 Å². The standard InChI is InChI=1S/C12H4ClF12NO2/c13-5-3-4(1-2-6(5)14)26-7(27)8(15,10(18,19)20)28-12(24,25)9(16,17)11(21,22)23/h1-3H,(H,26,27)/t8-/m1/s1. The van der Waals surface area contributed by atoms with Crippen molar-refractivity contribution in [2.24, 2.45) is 0 Å². The van der Waals surface area contributed by atoms with E-state index in [1.165, 1.54) is 0 Å². The van der Waals surface area contributed by atoms with Crippen LogP contribution in [0.25, 0.3) is 0 Å². The molecule has 0 aromatic heterocycles. The van der Waals surface area contributed by atoms with Gasteiger partial charge in [0.2, 0.25) is 0 Å². The molecular weight excluding hydrogens is 454 g/mol. The van der Waals surface area contributed by atoms with E-state index in [1.807, 2.05) is 0 Å². The third-order valence-corrected chi connectivity index (χ3v) is 3.11. The maximum atomic E-state index is 13.9. The summed E-state index contributed by atoms with van der Waals surface area (Å²) in [4.78, 5) is 11.4. The Morgan fingerprint density at radius 1 is 0.893 bits per heavy atom. The normalized spacial score (nSPS) is 15.9. The summed E-state index contributed by atoms with van der Waals surface area (Å²) in [6.07, 6.45) is -21.2. The van der Waals surface area contributed by atoms with Crippen molar-refractivity contribution < 1.29 is 62.2 Å². The topological polar surface area (TPSA) is 38.3 Å². The van der Waals surface area contributed by atoms with E-state index in [1.54, 1.807) is 0 Å². The summed E-state index contributed by atoms with van der Waals surface area (Å²) in [6, 6.07) is 1.21. The van der Waals surface area contributed by atoms with Crippen LogP contribution in [0, 0.1) is 5.82 Å². The average Bonchev–Trinajstić information content (AvgIpc) is 2.48. The van der Waals surface area contributed by atoms with Crippen LogP contribution in [0.2, 0.25) is 5.02 Å². The van der Waals surface area contributed by atoms with Crippen LogP contribution in [0.3, 0.4) is 0 Å². The summed E-state index contributed by atoms with van der Waals surface area (Å²) in [7, 11) is 0. The summed E-state index contributed by atoms with van der Waals surface area (Å²) < 4.78 is 154. The quantitative estimate of drug-likeness (QED) is 0.597. The van der Waals surface area contributed by atoms with Gasteiger partial charge in [0.15, 0.2) is 0 Å². The molecule has 0 unspecified atom stereocenters. The minimum absolute atomic E-state index is 0.355. The molecule has 0 spiro atoms. The second kappa shape index (κ2) is 7.17. The van der Waals surface area contributed by atoms with E-state index in [4.69, 9.17) is 11.6 Å². The van der Waals surface area contributed by atoms with E-state index in [0.717, 1.165) is 5.32 Å². The van der Waals surface area contributed by atoms with Crippen molar-refractivity contribution in [1.29, 1.82) is 0 Å². The van der Waals surface area contributed by atoms with Gasteiger partial charge in [-0.25, -0.2) is 4.39 Å². The van der Waals surface area contributed by atoms with Crippen LogP contribution in [0.5, 0.6) is 0 Å². The number of amides is 1. The van der Waals surface area contributed by atoms with E-state index in [0.29, 0.717) is 18.2 Å². The Morgan fingerprint density at radius 2 is 1.39 bits per heavy atom. The number of halogens is 13. The van der Waals surface area contributed by atoms with E-state index >= 15 is 0 Å². The molecule has 160 valence electrons. The number of rotatable bonds is 5. The molecule has 0 saturated carbocycles. The van der Waals surface area contributed by atoms with Gasteiger partial charge in [-0.3, -0.25) is 9.53 Å². The zero-order chi connectivity index (χ0) is 22.3. The number of hydrogen-bond donors (Lipinski definition) is 1. The van der Waals surface area contributed by atoms with Crippen molar-refractivity contribution in [3.8, 4) is 0 Å². The third-order valence-electron chi connectivity index (χ3n) is 2.82. The van der Waals surface area contributed by atoms with E-state index in [-0.39, 0.29) is 0 Å². The molecule has 1 N–H and O–H groups in total. The maximum Gasteiger partial charge on any atom is 0.462 e. The molecule has 1 aromatic rings. The average molecular weight is 458 g/mol. The molecule has 0 heterocycles. The second-order valence-corrected chi connectivity index (χ2v) is 5.27. The maximum absolute atomic E-state index is 13.9. The van der Waals surface area contributed by atoms with Gasteiger partial charge in [-0.1, -0.05) is 11.6 Å². The van der Waals surface area contributed by atoms with Gasteiger partial charge < -0.3 is 5.32 Å². The lowest BCUT2D eigenvalue weighted by molar-refractivity contribution is -0.472. The molecule has 0 aliphatic carbocycles. The van der Waals surface area contributed by atoms with Gasteiger partial charge in [0.1, 0.15) is 5.82 Å². The van der Waals surface area contributed by atoms with Gasteiger partial charge >= 0.3 is 30.2 Å². The Balaban J connectivity index is 3.32. The first-order valence-corrected chi connectivity index (χ1v) is 6.69. The van der Waals surface area contributed by atoms with Gasteiger partial charge in [-0.15, -0.1) is 0 Å². The Labute approximate surface area is 151 Å². The highest BCUT2D eigenvalue weighted by Crippen LogP contribution is 2.51. The SMILES string of the molecule is O=C(Nc1ccc(F)c(Cl)c1)[C@@](F)(OC(F)(F)C(F)(F)C(F)(F)F)C(F)(F)F. The molecule has 0 saturated heterocycles.